The van der Waals surface area contributed by atoms with Crippen LogP contribution in [-0.2, 0) is 6.42 Å². The molecule has 94 valence electrons. The number of aryl methyl sites for hydroxylation is 1. The number of nitrogens with one attached hydrogen (secondary N) is 2. The average molecular weight is 246 g/mol. The lowest BCUT2D eigenvalue weighted by Crippen LogP contribution is -2.04. The summed E-state index contributed by atoms with van der Waals surface area (Å²) in [6, 6.07) is 7.76. The normalized spacial score (nSPS) is 10.2. The fourth-order valence-electron chi connectivity index (χ4n) is 1.65. The molecule has 0 aliphatic heterocycles. The summed E-state index contributed by atoms with van der Waals surface area (Å²) in [5.74, 6) is 0.0861. The van der Waals surface area contributed by atoms with Gasteiger partial charge in [-0.25, -0.2) is 9.37 Å². The molecule has 1 heterocycles. The fraction of sp³-hybridized carbons (Fsp3) is 0.231. The van der Waals surface area contributed by atoms with Crippen molar-refractivity contribution in [1.82, 2.24) is 9.97 Å². The van der Waals surface area contributed by atoms with Crippen LogP contribution in [0.25, 0.3) is 0 Å². The van der Waals surface area contributed by atoms with Crippen LogP contribution < -0.4 is 10.6 Å². The highest BCUT2D eigenvalue weighted by Gasteiger charge is 2.08. The van der Waals surface area contributed by atoms with Crippen molar-refractivity contribution in [3.8, 4) is 0 Å². The van der Waals surface area contributed by atoms with E-state index in [9.17, 15) is 4.39 Å². The summed E-state index contributed by atoms with van der Waals surface area (Å²) in [5, 5.41) is 5.78. The molecule has 2 N–H and O–H groups in total. The lowest BCUT2D eigenvalue weighted by molar-refractivity contribution is 0.619. The van der Waals surface area contributed by atoms with Crippen LogP contribution in [0.15, 0.2) is 30.5 Å². The topological polar surface area (TPSA) is 49.8 Å². The summed E-state index contributed by atoms with van der Waals surface area (Å²) in [6.45, 7) is 2.05. The predicted molar refractivity (Wildman–Crippen MR) is 70.6 cm³/mol. The van der Waals surface area contributed by atoms with Gasteiger partial charge < -0.3 is 10.6 Å². The third kappa shape index (κ3) is 2.56. The first kappa shape index (κ1) is 12.3. The van der Waals surface area contributed by atoms with Gasteiger partial charge in [0.05, 0.1) is 6.20 Å². The molecular weight excluding hydrogens is 231 g/mol. The Hall–Kier alpha value is -2.17. The fourth-order valence-corrected chi connectivity index (χ4v) is 1.65. The molecule has 0 radical (unpaired) electrons. The van der Waals surface area contributed by atoms with Crippen molar-refractivity contribution >= 4 is 17.5 Å². The van der Waals surface area contributed by atoms with Gasteiger partial charge in [0.1, 0.15) is 0 Å². The molecule has 0 saturated carbocycles. The van der Waals surface area contributed by atoms with Crippen LogP contribution in [0, 0.1) is 5.82 Å². The zero-order valence-corrected chi connectivity index (χ0v) is 10.4. The van der Waals surface area contributed by atoms with E-state index in [1.165, 1.54) is 0 Å². The molecule has 0 amide bonds. The summed E-state index contributed by atoms with van der Waals surface area (Å²) in [5.41, 5.74) is 1.97. The molecule has 18 heavy (non-hydrogen) atoms. The Labute approximate surface area is 105 Å². The summed E-state index contributed by atoms with van der Waals surface area (Å²) in [4.78, 5) is 7.86. The van der Waals surface area contributed by atoms with Gasteiger partial charge in [0.15, 0.2) is 11.6 Å². The van der Waals surface area contributed by atoms with E-state index in [0.717, 1.165) is 23.9 Å². The van der Waals surface area contributed by atoms with E-state index in [1.807, 2.05) is 24.3 Å². The highest BCUT2D eigenvalue weighted by molar-refractivity contribution is 5.61. The number of halogens is 1. The quantitative estimate of drug-likeness (QED) is 0.870. The van der Waals surface area contributed by atoms with Crippen LogP contribution in [0.1, 0.15) is 12.5 Å². The molecule has 0 unspecified atom stereocenters. The monoisotopic (exact) mass is 246 g/mol. The van der Waals surface area contributed by atoms with Crippen LogP contribution in [0.3, 0.4) is 0 Å². The second kappa shape index (κ2) is 5.44. The summed E-state index contributed by atoms with van der Waals surface area (Å²) in [6.07, 6.45) is 2.02. The Morgan fingerprint density at radius 3 is 2.78 bits per heavy atom. The zero-order chi connectivity index (χ0) is 13.0. The number of benzene rings is 1. The first-order chi connectivity index (χ1) is 8.74. The van der Waals surface area contributed by atoms with Crippen LogP contribution in [-0.4, -0.2) is 17.0 Å². The van der Waals surface area contributed by atoms with Crippen molar-refractivity contribution < 1.29 is 4.39 Å². The van der Waals surface area contributed by atoms with Gasteiger partial charge in [0.25, 0.3) is 0 Å². The smallest absolute Gasteiger partial charge is 0.224 e. The van der Waals surface area contributed by atoms with Crippen LogP contribution in [0.2, 0.25) is 0 Å². The number of rotatable bonds is 4. The van der Waals surface area contributed by atoms with E-state index in [-0.39, 0.29) is 5.82 Å². The summed E-state index contributed by atoms with van der Waals surface area (Å²) in [7, 11) is 1.69. The number of para-hydroxylation sites is 1. The molecule has 1 aromatic heterocycles. The highest BCUT2D eigenvalue weighted by atomic mass is 19.1. The number of nitrogens with zero attached hydrogens (tertiary/aromatic N) is 2. The van der Waals surface area contributed by atoms with E-state index >= 15 is 0 Å². The second-order valence-corrected chi connectivity index (χ2v) is 3.78. The number of aromatic nitrogens is 2. The van der Waals surface area contributed by atoms with Gasteiger partial charge in [-0.2, -0.15) is 4.98 Å². The van der Waals surface area contributed by atoms with E-state index in [1.54, 1.807) is 7.05 Å². The molecule has 4 nitrogen and oxygen atoms in total. The minimum atomic E-state index is -0.472. The van der Waals surface area contributed by atoms with Crippen LogP contribution >= 0.6 is 0 Å². The standard InChI is InChI=1S/C13H15FN4/c1-3-9-6-4-5-7-11(9)17-12-10(14)8-16-13(15-2)18-12/h4-8H,3H2,1-2H3,(H2,15,16,17,18). The number of hydrogen-bond donors (Lipinski definition) is 2. The lowest BCUT2D eigenvalue weighted by atomic mass is 10.1. The molecule has 2 aromatic rings. The Bertz CT molecular complexity index is 542. The maximum atomic E-state index is 13.6. The Morgan fingerprint density at radius 1 is 1.28 bits per heavy atom. The number of hydrogen-bond acceptors (Lipinski definition) is 4. The molecule has 2 rings (SSSR count). The van der Waals surface area contributed by atoms with E-state index in [0.29, 0.717) is 5.95 Å². The average Bonchev–Trinajstić information content (AvgIpc) is 2.42. The van der Waals surface area contributed by atoms with Gasteiger partial charge in [0.2, 0.25) is 5.95 Å². The van der Waals surface area contributed by atoms with Crippen LogP contribution in [0.4, 0.5) is 21.8 Å². The third-order valence-corrected chi connectivity index (χ3v) is 2.62. The van der Waals surface area contributed by atoms with Crippen molar-refractivity contribution in [1.29, 1.82) is 0 Å². The van der Waals surface area contributed by atoms with Crippen molar-refractivity contribution in [3.63, 3.8) is 0 Å². The highest BCUT2D eigenvalue weighted by Crippen LogP contribution is 2.22. The maximum Gasteiger partial charge on any atom is 0.224 e. The zero-order valence-electron chi connectivity index (χ0n) is 10.4. The molecule has 1 aromatic carbocycles. The minimum Gasteiger partial charge on any atom is -0.357 e. The lowest BCUT2D eigenvalue weighted by Gasteiger charge is -2.11. The van der Waals surface area contributed by atoms with Gasteiger partial charge in [-0.1, -0.05) is 25.1 Å². The molecule has 0 fully saturated rings. The molecule has 0 bridgehead atoms. The van der Waals surface area contributed by atoms with Gasteiger partial charge in [-0.05, 0) is 18.1 Å². The van der Waals surface area contributed by atoms with Gasteiger partial charge >= 0.3 is 0 Å². The first-order valence-electron chi connectivity index (χ1n) is 5.79. The summed E-state index contributed by atoms with van der Waals surface area (Å²) < 4.78 is 13.6. The van der Waals surface area contributed by atoms with E-state index in [2.05, 4.69) is 27.5 Å². The van der Waals surface area contributed by atoms with Crippen LogP contribution in [0.5, 0.6) is 0 Å². The molecule has 5 heteroatoms. The molecule has 0 saturated heterocycles. The molecule has 0 aliphatic carbocycles. The van der Waals surface area contributed by atoms with E-state index < -0.39 is 5.82 Å². The molecular formula is C13H15FN4. The predicted octanol–water partition coefficient (Wildman–Crippen LogP) is 2.96. The Kier molecular flexibility index (Phi) is 3.72. The Morgan fingerprint density at radius 2 is 2.06 bits per heavy atom. The van der Waals surface area contributed by atoms with Gasteiger partial charge in [0, 0.05) is 12.7 Å². The molecule has 0 spiro atoms. The third-order valence-electron chi connectivity index (χ3n) is 2.62. The second-order valence-electron chi connectivity index (χ2n) is 3.78. The van der Waals surface area contributed by atoms with Gasteiger partial charge in [-0.3, -0.25) is 0 Å². The van der Waals surface area contributed by atoms with Crippen molar-refractivity contribution in [2.75, 3.05) is 17.7 Å². The van der Waals surface area contributed by atoms with Crippen molar-refractivity contribution in [2.24, 2.45) is 0 Å². The van der Waals surface area contributed by atoms with Crippen molar-refractivity contribution in [2.45, 2.75) is 13.3 Å². The molecule has 0 atom stereocenters. The maximum absolute atomic E-state index is 13.6. The first-order valence-corrected chi connectivity index (χ1v) is 5.79. The SMILES string of the molecule is CCc1ccccc1Nc1nc(NC)ncc1F. The van der Waals surface area contributed by atoms with E-state index in [4.69, 9.17) is 0 Å². The van der Waals surface area contributed by atoms with Crippen molar-refractivity contribution in [3.05, 3.63) is 41.8 Å². The molecule has 0 aliphatic rings. The number of anilines is 3. The Balaban J connectivity index is 2.33. The van der Waals surface area contributed by atoms with Gasteiger partial charge in [-0.15, -0.1) is 0 Å². The minimum absolute atomic E-state index is 0.176. The summed E-state index contributed by atoms with van der Waals surface area (Å²) >= 11 is 0. The largest absolute Gasteiger partial charge is 0.357 e.